The summed E-state index contributed by atoms with van der Waals surface area (Å²) in [5.41, 5.74) is 1.39. The Hall–Kier alpha value is -0.800. The van der Waals surface area contributed by atoms with Crippen LogP contribution in [0.25, 0.3) is 0 Å². The molecule has 21 heavy (non-hydrogen) atoms. The Morgan fingerprint density at radius 1 is 1.24 bits per heavy atom. The fraction of sp³-hybridized carbons (Fsp3) is 0.778. The van der Waals surface area contributed by atoms with Crippen LogP contribution in [0, 0.1) is 12.8 Å². The van der Waals surface area contributed by atoms with Crippen molar-refractivity contribution in [3.05, 3.63) is 23.2 Å². The molecule has 1 atom stereocenters. The number of hydrogen-bond acceptors (Lipinski definition) is 3. The molecular weight excluding hydrogens is 260 g/mol. The summed E-state index contributed by atoms with van der Waals surface area (Å²) in [7, 11) is 0. The summed E-state index contributed by atoms with van der Waals surface area (Å²) in [5, 5.41) is 3.53. The molecule has 3 nitrogen and oxygen atoms in total. The number of likely N-dealkylation sites (tertiary alicyclic amines) is 1. The second-order valence-corrected chi connectivity index (χ2v) is 6.93. The van der Waals surface area contributed by atoms with Gasteiger partial charge in [0.2, 0.25) is 0 Å². The lowest BCUT2D eigenvalue weighted by atomic mass is 9.98. The molecule has 2 aliphatic rings. The first-order valence-corrected chi connectivity index (χ1v) is 8.78. The van der Waals surface area contributed by atoms with Crippen molar-refractivity contribution >= 4 is 0 Å². The van der Waals surface area contributed by atoms with Gasteiger partial charge in [0.25, 0.3) is 0 Å². The Morgan fingerprint density at radius 2 is 2.10 bits per heavy atom. The smallest absolute Gasteiger partial charge is 0.118 e. The summed E-state index contributed by atoms with van der Waals surface area (Å²) >= 11 is 0. The number of aryl methyl sites for hydroxylation is 1. The number of hydrogen-bond donors (Lipinski definition) is 1. The van der Waals surface area contributed by atoms with Crippen molar-refractivity contribution in [2.75, 3.05) is 13.1 Å². The highest BCUT2D eigenvalue weighted by atomic mass is 16.3. The van der Waals surface area contributed by atoms with Gasteiger partial charge in [0, 0.05) is 18.2 Å². The van der Waals surface area contributed by atoms with Gasteiger partial charge in [0.15, 0.2) is 0 Å². The van der Waals surface area contributed by atoms with Gasteiger partial charge in [-0.3, -0.25) is 4.90 Å². The molecule has 1 saturated carbocycles. The number of furan rings is 1. The minimum atomic E-state index is 0.746. The Bertz CT molecular complexity index is 450. The summed E-state index contributed by atoms with van der Waals surface area (Å²) in [6, 6.07) is 3.02. The zero-order valence-corrected chi connectivity index (χ0v) is 13.7. The van der Waals surface area contributed by atoms with Crippen LogP contribution >= 0.6 is 0 Å². The van der Waals surface area contributed by atoms with Gasteiger partial charge in [-0.05, 0) is 64.1 Å². The van der Waals surface area contributed by atoms with E-state index < -0.39 is 0 Å². The lowest BCUT2D eigenvalue weighted by Crippen LogP contribution is -2.24. The summed E-state index contributed by atoms with van der Waals surface area (Å²) in [6.07, 6.45) is 8.14. The summed E-state index contributed by atoms with van der Waals surface area (Å²) in [5.74, 6) is 3.16. The molecule has 1 aromatic rings. The Kier molecular flexibility index (Phi) is 5.02. The van der Waals surface area contributed by atoms with E-state index in [1.807, 2.05) is 0 Å². The molecule has 1 unspecified atom stereocenters. The molecule has 0 radical (unpaired) electrons. The Labute approximate surface area is 129 Å². The molecule has 2 heterocycles. The Morgan fingerprint density at radius 3 is 2.86 bits per heavy atom. The third-order valence-corrected chi connectivity index (χ3v) is 5.13. The molecule has 1 saturated heterocycles. The molecule has 0 spiro atoms. The van der Waals surface area contributed by atoms with Crippen LogP contribution in [0.5, 0.6) is 0 Å². The van der Waals surface area contributed by atoms with Crippen LogP contribution in [0.4, 0.5) is 0 Å². The molecule has 0 amide bonds. The number of nitrogens with one attached hydrogen (secondary N) is 1. The second kappa shape index (κ2) is 6.97. The van der Waals surface area contributed by atoms with Gasteiger partial charge in [0.1, 0.15) is 11.5 Å². The van der Waals surface area contributed by atoms with Crippen molar-refractivity contribution in [3.63, 3.8) is 0 Å². The Balaban J connectivity index is 1.53. The SMILES string of the molecule is CCC1CCCN(Cc2cc(CNC3CC3)oc2C)CC1. The zero-order valence-electron chi connectivity index (χ0n) is 13.7. The van der Waals surface area contributed by atoms with E-state index in [0.717, 1.165) is 36.6 Å². The van der Waals surface area contributed by atoms with Crippen molar-refractivity contribution in [1.82, 2.24) is 10.2 Å². The van der Waals surface area contributed by atoms with E-state index >= 15 is 0 Å². The van der Waals surface area contributed by atoms with Crippen LogP contribution in [0.1, 0.15) is 62.5 Å². The molecule has 118 valence electrons. The van der Waals surface area contributed by atoms with Gasteiger partial charge >= 0.3 is 0 Å². The predicted molar refractivity (Wildman–Crippen MR) is 86.2 cm³/mol. The van der Waals surface area contributed by atoms with Gasteiger partial charge in [-0.15, -0.1) is 0 Å². The lowest BCUT2D eigenvalue weighted by molar-refractivity contribution is 0.270. The van der Waals surface area contributed by atoms with E-state index in [2.05, 4.69) is 30.1 Å². The highest BCUT2D eigenvalue weighted by Crippen LogP contribution is 2.24. The normalized spacial score (nSPS) is 24.2. The van der Waals surface area contributed by atoms with E-state index in [1.54, 1.807) is 0 Å². The van der Waals surface area contributed by atoms with Gasteiger partial charge in [-0.1, -0.05) is 13.3 Å². The highest BCUT2D eigenvalue weighted by Gasteiger charge is 2.21. The molecule has 1 aliphatic carbocycles. The fourth-order valence-electron chi connectivity index (χ4n) is 3.40. The molecule has 3 heteroatoms. The van der Waals surface area contributed by atoms with Crippen molar-refractivity contribution in [2.45, 2.75) is 71.5 Å². The van der Waals surface area contributed by atoms with E-state index in [0.29, 0.717) is 0 Å². The van der Waals surface area contributed by atoms with Gasteiger partial charge in [0.05, 0.1) is 6.54 Å². The number of nitrogens with zero attached hydrogens (tertiary/aromatic N) is 1. The highest BCUT2D eigenvalue weighted by molar-refractivity contribution is 5.21. The maximum Gasteiger partial charge on any atom is 0.118 e. The van der Waals surface area contributed by atoms with Crippen LogP contribution in [0.3, 0.4) is 0 Å². The molecule has 1 aliphatic heterocycles. The summed E-state index contributed by atoms with van der Waals surface area (Å²) in [6.45, 7) is 8.90. The molecular formula is C18H30N2O. The first-order valence-electron chi connectivity index (χ1n) is 8.78. The predicted octanol–water partition coefficient (Wildman–Crippen LogP) is 3.85. The van der Waals surface area contributed by atoms with Crippen molar-refractivity contribution in [1.29, 1.82) is 0 Å². The number of rotatable bonds is 6. The first kappa shape index (κ1) is 15.1. The van der Waals surface area contributed by atoms with Crippen LogP contribution in [0.2, 0.25) is 0 Å². The quantitative estimate of drug-likeness (QED) is 0.862. The first-order chi connectivity index (χ1) is 10.2. The van der Waals surface area contributed by atoms with Crippen LogP contribution in [0.15, 0.2) is 10.5 Å². The van der Waals surface area contributed by atoms with Gasteiger partial charge in [-0.25, -0.2) is 0 Å². The van der Waals surface area contributed by atoms with Crippen molar-refractivity contribution < 1.29 is 4.42 Å². The van der Waals surface area contributed by atoms with E-state index in [9.17, 15) is 0 Å². The third kappa shape index (κ3) is 4.33. The van der Waals surface area contributed by atoms with Crippen LogP contribution in [-0.4, -0.2) is 24.0 Å². The lowest BCUT2D eigenvalue weighted by Gasteiger charge is -2.19. The topological polar surface area (TPSA) is 28.4 Å². The molecule has 1 aromatic heterocycles. The largest absolute Gasteiger partial charge is 0.465 e. The average Bonchev–Trinajstić information content (AvgIpc) is 3.27. The van der Waals surface area contributed by atoms with Crippen molar-refractivity contribution in [3.8, 4) is 0 Å². The minimum absolute atomic E-state index is 0.746. The van der Waals surface area contributed by atoms with E-state index in [1.165, 1.54) is 57.2 Å². The standard InChI is InChI=1S/C18H30N2O/c1-3-15-5-4-9-20(10-8-15)13-16-11-18(21-14(16)2)12-19-17-6-7-17/h11,15,17,19H,3-10,12-13H2,1-2H3. The monoisotopic (exact) mass is 290 g/mol. The van der Waals surface area contributed by atoms with Gasteiger partial charge in [-0.2, -0.15) is 0 Å². The molecule has 0 aromatic carbocycles. The molecule has 0 bridgehead atoms. The average molecular weight is 290 g/mol. The van der Waals surface area contributed by atoms with E-state index in [-0.39, 0.29) is 0 Å². The van der Waals surface area contributed by atoms with Crippen molar-refractivity contribution in [2.24, 2.45) is 5.92 Å². The maximum absolute atomic E-state index is 5.92. The maximum atomic E-state index is 5.92. The summed E-state index contributed by atoms with van der Waals surface area (Å²) < 4.78 is 5.92. The van der Waals surface area contributed by atoms with E-state index in [4.69, 9.17) is 4.42 Å². The van der Waals surface area contributed by atoms with Crippen LogP contribution < -0.4 is 5.32 Å². The minimum Gasteiger partial charge on any atom is -0.465 e. The molecule has 1 N–H and O–H groups in total. The fourth-order valence-corrected chi connectivity index (χ4v) is 3.40. The van der Waals surface area contributed by atoms with Crippen LogP contribution in [-0.2, 0) is 13.1 Å². The third-order valence-electron chi connectivity index (χ3n) is 5.13. The summed E-state index contributed by atoms with van der Waals surface area (Å²) in [4.78, 5) is 2.62. The molecule has 2 fully saturated rings. The second-order valence-electron chi connectivity index (χ2n) is 6.93. The molecule has 3 rings (SSSR count). The van der Waals surface area contributed by atoms with Gasteiger partial charge < -0.3 is 9.73 Å². The zero-order chi connectivity index (χ0) is 14.7.